The van der Waals surface area contributed by atoms with Gasteiger partial charge in [-0.15, -0.1) is 0 Å². The smallest absolute Gasteiger partial charge is 0.124 e. The molecule has 20 heavy (non-hydrogen) atoms. The van der Waals surface area contributed by atoms with Gasteiger partial charge in [0, 0.05) is 11.6 Å². The molecule has 0 heterocycles. The van der Waals surface area contributed by atoms with Gasteiger partial charge in [-0.1, -0.05) is 54.4 Å². The highest BCUT2D eigenvalue weighted by Gasteiger charge is 2.10. The second-order valence-electron chi connectivity index (χ2n) is 4.59. The third kappa shape index (κ3) is 3.66. The molecule has 2 nitrogen and oxygen atoms in total. The van der Waals surface area contributed by atoms with E-state index >= 15 is 0 Å². The van der Waals surface area contributed by atoms with Crippen LogP contribution < -0.4 is 10.5 Å². The fourth-order valence-electron chi connectivity index (χ4n) is 1.93. The Hall–Kier alpha value is -1.22. The first kappa shape index (κ1) is 15.2. The Morgan fingerprint density at radius 2 is 1.85 bits per heavy atom. The second-order valence-corrected chi connectivity index (χ2v) is 5.40. The molecule has 0 spiro atoms. The summed E-state index contributed by atoms with van der Waals surface area (Å²) in [5.41, 5.74) is 8.08. The zero-order valence-electron chi connectivity index (χ0n) is 11.3. The average molecular weight is 310 g/mol. The van der Waals surface area contributed by atoms with E-state index in [1.165, 1.54) is 0 Å². The van der Waals surface area contributed by atoms with E-state index in [0.29, 0.717) is 16.7 Å². The lowest BCUT2D eigenvalue weighted by Crippen LogP contribution is -2.10. The van der Waals surface area contributed by atoms with Gasteiger partial charge in [0.15, 0.2) is 0 Å². The minimum absolute atomic E-state index is 0.0139. The van der Waals surface area contributed by atoms with Crippen molar-refractivity contribution in [2.45, 2.75) is 26.0 Å². The summed E-state index contributed by atoms with van der Waals surface area (Å²) in [7, 11) is 0. The van der Waals surface area contributed by atoms with Gasteiger partial charge in [0.2, 0.25) is 0 Å². The standard InChI is InChI=1S/C16H17Cl2NO/c1-2-15(19)12-5-3-4-6-16(12)20-10-11-7-8-13(17)14(18)9-11/h3-9,15H,2,10,19H2,1H3/t15-/m1/s1. The molecule has 0 amide bonds. The molecule has 106 valence electrons. The number of nitrogens with two attached hydrogens (primary N) is 1. The molecule has 0 radical (unpaired) electrons. The predicted molar refractivity (Wildman–Crippen MR) is 84.5 cm³/mol. The first-order valence-electron chi connectivity index (χ1n) is 6.53. The van der Waals surface area contributed by atoms with Crippen LogP contribution in [0.4, 0.5) is 0 Å². The van der Waals surface area contributed by atoms with E-state index in [1.807, 2.05) is 36.4 Å². The van der Waals surface area contributed by atoms with Gasteiger partial charge in [-0.25, -0.2) is 0 Å². The van der Waals surface area contributed by atoms with Crippen LogP contribution in [0.2, 0.25) is 10.0 Å². The molecule has 2 N–H and O–H groups in total. The van der Waals surface area contributed by atoms with Crippen molar-refractivity contribution in [1.29, 1.82) is 0 Å². The molecule has 0 fully saturated rings. The number of hydrogen-bond acceptors (Lipinski definition) is 2. The van der Waals surface area contributed by atoms with Crippen molar-refractivity contribution in [3.63, 3.8) is 0 Å². The molecule has 1 atom stereocenters. The maximum atomic E-state index is 6.09. The minimum atomic E-state index is -0.0139. The van der Waals surface area contributed by atoms with Gasteiger partial charge in [0.05, 0.1) is 10.0 Å². The Bertz CT molecular complexity index is 586. The Morgan fingerprint density at radius 3 is 2.55 bits per heavy atom. The van der Waals surface area contributed by atoms with E-state index in [-0.39, 0.29) is 6.04 Å². The van der Waals surface area contributed by atoms with Crippen LogP contribution in [0.25, 0.3) is 0 Å². The molecule has 2 rings (SSSR count). The van der Waals surface area contributed by atoms with Gasteiger partial charge >= 0.3 is 0 Å². The van der Waals surface area contributed by atoms with Crippen molar-refractivity contribution in [3.8, 4) is 5.75 Å². The largest absolute Gasteiger partial charge is 0.489 e. The van der Waals surface area contributed by atoms with Crippen LogP contribution >= 0.6 is 23.2 Å². The SMILES string of the molecule is CC[C@@H](N)c1ccccc1OCc1ccc(Cl)c(Cl)c1. The average Bonchev–Trinajstić information content (AvgIpc) is 2.48. The Morgan fingerprint density at radius 1 is 1.10 bits per heavy atom. The summed E-state index contributed by atoms with van der Waals surface area (Å²) in [6.45, 7) is 2.49. The first-order chi connectivity index (χ1) is 9.61. The number of hydrogen-bond donors (Lipinski definition) is 1. The minimum Gasteiger partial charge on any atom is -0.489 e. The monoisotopic (exact) mass is 309 g/mol. The van der Waals surface area contributed by atoms with Gasteiger partial charge in [-0.05, 0) is 30.2 Å². The zero-order chi connectivity index (χ0) is 14.5. The van der Waals surface area contributed by atoms with E-state index in [4.69, 9.17) is 33.7 Å². The quantitative estimate of drug-likeness (QED) is 0.845. The Balaban J connectivity index is 2.12. The number of ether oxygens (including phenoxy) is 1. The highest BCUT2D eigenvalue weighted by Crippen LogP contribution is 2.27. The molecule has 0 aliphatic carbocycles. The van der Waals surface area contributed by atoms with Crippen molar-refractivity contribution < 1.29 is 4.74 Å². The van der Waals surface area contributed by atoms with Crippen molar-refractivity contribution in [1.82, 2.24) is 0 Å². The maximum absolute atomic E-state index is 6.09. The molecule has 0 aliphatic heterocycles. The van der Waals surface area contributed by atoms with Crippen LogP contribution in [-0.2, 0) is 6.61 Å². The molecule has 0 saturated heterocycles. The van der Waals surface area contributed by atoms with Crippen LogP contribution in [0.5, 0.6) is 5.75 Å². The van der Waals surface area contributed by atoms with Crippen LogP contribution in [0, 0.1) is 0 Å². The number of benzene rings is 2. The number of halogens is 2. The van der Waals surface area contributed by atoms with Gasteiger partial charge in [-0.2, -0.15) is 0 Å². The van der Waals surface area contributed by atoms with E-state index in [2.05, 4.69) is 6.92 Å². The van der Waals surface area contributed by atoms with Crippen molar-refractivity contribution >= 4 is 23.2 Å². The van der Waals surface area contributed by atoms with Crippen molar-refractivity contribution in [2.75, 3.05) is 0 Å². The number of para-hydroxylation sites is 1. The lowest BCUT2D eigenvalue weighted by molar-refractivity contribution is 0.300. The fourth-order valence-corrected chi connectivity index (χ4v) is 2.25. The normalized spacial score (nSPS) is 12.2. The van der Waals surface area contributed by atoms with Crippen LogP contribution in [0.15, 0.2) is 42.5 Å². The van der Waals surface area contributed by atoms with Gasteiger partial charge in [0.25, 0.3) is 0 Å². The van der Waals surface area contributed by atoms with Crippen LogP contribution in [0.3, 0.4) is 0 Å². The summed E-state index contributed by atoms with van der Waals surface area (Å²) >= 11 is 11.9. The van der Waals surface area contributed by atoms with Gasteiger partial charge < -0.3 is 10.5 Å². The molecule has 0 aliphatic rings. The highest BCUT2D eigenvalue weighted by atomic mass is 35.5. The summed E-state index contributed by atoms with van der Waals surface area (Å²) in [5.74, 6) is 0.813. The fraction of sp³-hybridized carbons (Fsp3) is 0.250. The molecule has 2 aromatic rings. The second kappa shape index (κ2) is 6.98. The van der Waals surface area contributed by atoms with Crippen molar-refractivity contribution in [2.24, 2.45) is 5.73 Å². The lowest BCUT2D eigenvalue weighted by Gasteiger charge is -2.15. The van der Waals surface area contributed by atoms with Crippen LogP contribution in [-0.4, -0.2) is 0 Å². The summed E-state index contributed by atoms with van der Waals surface area (Å²) in [6.07, 6.45) is 0.868. The summed E-state index contributed by atoms with van der Waals surface area (Å²) in [6, 6.07) is 13.3. The van der Waals surface area contributed by atoms with E-state index < -0.39 is 0 Å². The zero-order valence-corrected chi connectivity index (χ0v) is 12.8. The van der Waals surface area contributed by atoms with E-state index in [0.717, 1.165) is 23.3 Å². The first-order valence-corrected chi connectivity index (χ1v) is 7.28. The van der Waals surface area contributed by atoms with Crippen LogP contribution in [0.1, 0.15) is 30.5 Å². The van der Waals surface area contributed by atoms with Gasteiger partial charge in [0.1, 0.15) is 12.4 Å². The Labute approximate surface area is 129 Å². The molecule has 0 bridgehead atoms. The molecular formula is C16H17Cl2NO. The molecular weight excluding hydrogens is 293 g/mol. The van der Waals surface area contributed by atoms with Crippen molar-refractivity contribution in [3.05, 3.63) is 63.6 Å². The summed E-state index contributed by atoms with van der Waals surface area (Å²) in [4.78, 5) is 0. The predicted octanol–water partition coefficient (Wildman–Crippen LogP) is 4.98. The molecule has 4 heteroatoms. The molecule has 0 aromatic heterocycles. The van der Waals surface area contributed by atoms with E-state index in [9.17, 15) is 0 Å². The number of rotatable bonds is 5. The highest BCUT2D eigenvalue weighted by molar-refractivity contribution is 6.42. The molecule has 0 unspecified atom stereocenters. The van der Waals surface area contributed by atoms with Gasteiger partial charge in [-0.3, -0.25) is 0 Å². The lowest BCUT2D eigenvalue weighted by atomic mass is 10.0. The third-order valence-electron chi connectivity index (χ3n) is 3.14. The Kier molecular flexibility index (Phi) is 5.30. The summed E-state index contributed by atoms with van der Waals surface area (Å²) < 4.78 is 5.86. The molecule has 0 saturated carbocycles. The topological polar surface area (TPSA) is 35.2 Å². The summed E-state index contributed by atoms with van der Waals surface area (Å²) in [5, 5.41) is 1.08. The molecule has 2 aromatic carbocycles. The van der Waals surface area contributed by atoms with E-state index in [1.54, 1.807) is 6.07 Å². The maximum Gasteiger partial charge on any atom is 0.124 e. The third-order valence-corrected chi connectivity index (χ3v) is 3.88.